The van der Waals surface area contributed by atoms with Crippen LogP contribution in [0, 0.1) is 16.0 Å². The maximum Gasteiger partial charge on any atom is 0.289 e. The quantitative estimate of drug-likeness (QED) is 0.642. The lowest BCUT2D eigenvalue weighted by atomic mass is 10.1. The van der Waals surface area contributed by atoms with E-state index in [0.29, 0.717) is 13.1 Å². The number of sulfonamides is 1. The molecule has 1 atom stereocenters. The lowest BCUT2D eigenvalue weighted by Crippen LogP contribution is -2.30. The van der Waals surface area contributed by atoms with E-state index in [1.54, 1.807) is 0 Å². The number of para-hydroxylation sites is 1. The molecular formula is C12H17N3O4S. The van der Waals surface area contributed by atoms with Crippen molar-refractivity contribution in [3.05, 3.63) is 34.4 Å². The third-order valence-corrected chi connectivity index (χ3v) is 5.33. The predicted molar refractivity (Wildman–Crippen MR) is 73.9 cm³/mol. The van der Waals surface area contributed by atoms with Crippen molar-refractivity contribution in [2.45, 2.75) is 11.3 Å². The molecule has 1 aromatic carbocycles. The SMILES string of the molecule is CNCC1CCN(S(=O)(=O)c2ccccc2[N+](=O)[O-])C1. The van der Waals surface area contributed by atoms with Gasteiger partial charge in [-0.1, -0.05) is 12.1 Å². The van der Waals surface area contributed by atoms with Crippen molar-refractivity contribution in [2.24, 2.45) is 5.92 Å². The van der Waals surface area contributed by atoms with Crippen molar-refractivity contribution in [3.63, 3.8) is 0 Å². The average molecular weight is 299 g/mol. The number of nitro benzene ring substituents is 1. The Morgan fingerprint density at radius 2 is 2.15 bits per heavy atom. The molecule has 20 heavy (non-hydrogen) atoms. The zero-order chi connectivity index (χ0) is 14.8. The number of nitrogens with one attached hydrogen (secondary N) is 1. The van der Waals surface area contributed by atoms with Crippen molar-refractivity contribution in [1.82, 2.24) is 9.62 Å². The fourth-order valence-corrected chi connectivity index (χ4v) is 4.12. The van der Waals surface area contributed by atoms with Crippen LogP contribution in [0.15, 0.2) is 29.2 Å². The molecule has 1 aliphatic heterocycles. The molecule has 1 N–H and O–H groups in total. The van der Waals surface area contributed by atoms with E-state index >= 15 is 0 Å². The molecule has 0 spiro atoms. The van der Waals surface area contributed by atoms with Crippen LogP contribution in [0.4, 0.5) is 5.69 Å². The summed E-state index contributed by atoms with van der Waals surface area (Å²) in [6.45, 7) is 1.54. The summed E-state index contributed by atoms with van der Waals surface area (Å²) in [5.74, 6) is 0.248. The first-order valence-electron chi connectivity index (χ1n) is 6.35. The summed E-state index contributed by atoms with van der Waals surface area (Å²) in [5, 5.41) is 14.0. The van der Waals surface area contributed by atoms with Gasteiger partial charge in [-0.05, 0) is 32.0 Å². The first kappa shape index (κ1) is 14.9. The first-order chi connectivity index (χ1) is 9.46. The molecule has 110 valence electrons. The van der Waals surface area contributed by atoms with Crippen LogP contribution in [0.2, 0.25) is 0 Å². The van der Waals surface area contributed by atoms with E-state index in [1.165, 1.54) is 28.6 Å². The Kier molecular flexibility index (Phi) is 4.36. The highest BCUT2D eigenvalue weighted by molar-refractivity contribution is 7.89. The van der Waals surface area contributed by atoms with Gasteiger partial charge in [0.15, 0.2) is 4.90 Å². The molecule has 1 fully saturated rings. The fourth-order valence-electron chi connectivity index (χ4n) is 2.44. The monoisotopic (exact) mass is 299 g/mol. The van der Waals surface area contributed by atoms with E-state index in [9.17, 15) is 18.5 Å². The molecule has 0 aliphatic carbocycles. The maximum absolute atomic E-state index is 12.5. The average Bonchev–Trinajstić information content (AvgIpc) is 2.88. The highest BCUT2D eigenvalue weighted by Gasteiger charge is 2.35. The van der Waals surface area contributed by atoms with Crippen molar-refractivity contribution >= 4 is 15.7 Å². The minimum absolute atomic E-state index is 0.227. The molecular weight excluding hydrogens is 282 g/mol. The Bertz CT molecular complexity index is 602. The minimum Gasteiger partial charge on any atom is -0.319 e. The number of nitrogens with zero attached hydrogens (tertiary/aromatic N) is 2. The lowest BCUT2D eigenvalue weighted by Gasteiger charge is -2.16. The van der Waals surface area contributed by atoms with Crippen LogP contribution in [-0.4, -0.2) is 44.3 Å². The van der Waals surface area contributed by atoms with E-state index < -0.39 is 14.9 Å². The van der Waals surface area contributed by atoms with Gasteiger partial charge in [-0.15, -0.1) is 0 Å². The van der Waals surface area contributed by atoms with Crippen LogP contribution in [-0.2, 0) is 10.0 Å². The van der Waals surface area contributed by atoms with Gasteiger partial charge in [0.1, 0.15) is 0 Å². The largest absolute Gasteiger partial charge is 0.319 e. The zero-order valence-corrected chi connectivity index (χ0v) is 12.0. The Labute approximate surface area is 117 Å². The molecule has 1 unspecified atom stereocenters. The molecule has 0 saturated carbocycles. The van der Waals surface area contributed by atoms with Gasteiger partial charge in [0.05, 0.1) is 4.92 Å². The van der Waals surface area contributed by atoms with E-state index in [2.05, 4.69) is 5.32 Å². The van der Waals surface area contributed by atoms with Crippen LogP contribution in [0.1, 0.15) is 6.42 Å². The summed E-state index contributed by atoms with van der Waals surface area (Å²) in [6, 6.07) is 5.47. The Morgan fingerprint density at radius 3 is 2.80 bits per heavy atom. The molecule has 1 heterocycles. The molecule has 0 radical (unpaired) electrons. The van der Waals surface area contributed by atoms with Crippen LogP contribution in [0.25, 0.3) is 0 Å². The molecule has 0 bridgehead atoms. The van der Waals surface area contributed by atoms with Crippen molar-refractivity contribution in [3.8, 4) is 0 Å². The van der Waals surface area contributed by atoms with E-state index in [-0.39, 0.29) is 16.5 Å². The highest BCUT2D eigenvalue weighted by atomic mass is 32.2. The summed E-state index contributed by atoms with van der Waals surface area (Å²) < 4.78 is 26.4. The second-order valence-electron chi connectivity index (χ2n) is 4.80. The number of nitro groups is 1. The molecule has 8 heteroatoms. The molecule has 7 nitrogen and oxygen atoms in total. The van der Waals surface area contributed by atoms with Gasteiger partial charge in [-0.25, -0.2) is 8.42 Å². The number of benzene rings is 1. The standard InChI is InChI=1S/C12H17N3O4S/c1-13-8-10-6-7-14(9-10)20(18,19)12-5-3-2-4-11(12)15(16)17/h2-5,10,13H,6-9H2,1H3. The van der Waals surface area contributed by atoms with Gasteiger partial charge in [-0.3, -0.25) is 10.1 Å². The first-order valence-corrected chi connectivity index (χ1v) is 7.79. The van der Waals surface area contributed by atoms with Gasteiger partial charge in [0, 0.05) is 19.2 Å². The van der Waals surface area contributed by atoms with Gasteiger partial charge in [0.2, 0.25) is 10.0 Å². The smallest absolute Gasteiger partial charge is 0.289 e. The number of hydrogen-bond acceptors (Lipinski definition) is 5. The van der Waals surface area contributed by atoms with Gasteiger partial charge < -0.3 is 5.32 Å². The van der Waals surface area contributed by atoms with Crippen LogP contribution >= 0.6 is 0 Å². The van der Waals surface area contributed by atoms with Crippen LogP contribution < -0.4 is 5.32 Å². The number of hydrogen-bond donors (Lipinski definition) is 1. The summed E-state index contributed by atoms with van der Waals surface area (Å²) >= 11 is 0. The molecule has 2 rings (SSSR count). The second kappa shape index (κ2) is 5.86. The predicted octanol–water partition coefficient (Wildman–Crippen LogP) is 0.825. The van der Waals surface area contributed by atoms with E-state index in [0.717, 1.165) is 13.0 Å². The number of rotatable bonds is 5. The molecule has 1 aliphatic rings. The van der Waals surface area contributed by atoms with Crippen molar-refractivity contribution in [1.29, 1.82) is 0 Å². The van der Waals surface area contributed by atoms with Crippen LogP contribution in [0.3, 0.4) is 0 Å². The molecule has 0 aromatic heterocycles. The summed E-state index contributed by atoms with van der Waals surface area (Å²) in [6.07, 6.45) is 0.765. The van der Waals surface area contributed by atoms with Gasteiger partial charge >= 0.3 is 0 Å². The van der Waals surface area contributed by atoms with Crippen molar-refractivity contribution < 1.29 is 13.3 Å². The highest BCUT2D eigenvalue weighted by Crippen LogP contribution is 2.29. The Morgan fingerprint density at radius 1 is 1.45 bits per heavy atom. The summed E-state index contributed by atoms with van der Waals surface area (Å²) in [5.41, 5.74) is -0.371. The fraction of sp³-hybridized carbons (Fsp3) is 0.500. The normalized spacial score (nSPS) is 20.1. The Hall–Kier alpha value is -1.51. The summed E-state index contributed by atoms with van der Waals surface area (Å²) in [7, 11) is -1.98. The lowest BCUT2D eigenvalue weighted by molar-refractivity contribution is -0.387. The maximum atomic E-state index is 12.5. The van der Waals surface area contributed by atoms with E-state index in [4.69, 9.17) is 0 Å². The van der Waals surface area contributed by atoms with Gasteiger partial charge in [0.25, 0.3) is 5.69 Å². The second-order valence-corrected chi connectivity index (χ2v) is 6.71. The summed E-state index contributed by atoms with van der Waals surface area (Å²) in [4.78, 5) is 10.1. The van der Waals surface area contributed by atoms with Crippen LogP contribution in [0.5, 0.6) is 0 Å². The topological polar surface area (TPSA) is 92.6 Å². The minimum atomic E-state index is -3.80. The molecule has 0 amide bonds. The van der Waals surface area contributed by atoms with Gasteiger partial charge in [-0.2, -0.15) is 4.31 Å². The third-order valence-electron chi connectivity index (χ3n) is 3.42. The van der Waals surface area contributed by atoms with E-state index in [1.807, 2.05) is 7.05 Å². The molecule has 1 aromatic rings. The Balaban J connectivity index is 2.30. The third kappa shape index (κ3) is 2.82. The van der Waals surface area contributed by atoms with Crippen molar-refractivity contribution in [2.75, 3.05) is 26.7 Å². The molecule has 1 saturated heterocycles. The zero-order valence-electron chi connectivity index (χ0n) is 11.2.